The molecule has 2 aliphatic heterocycles. The number of nitrogens with one attached hydrogen (secondary N) is 2. The second kappa shape index (κ2) is 8.97. The Balaban J connectivity index is 1.62. The van der Waals surface area contributed by atoms with E-state index in [0.29, 0.717) is 32.0 Å². The van der Waals surface area contributed by atoms with Gasteiger partial charge in [0, 0.05) is 38.1 Å². The second-order valence-electron chi connectivity index (χ2n) is 7.93. The van der Waals surface area contributed by atoms with Crippen LogP contribution < -0.4 is 10.6 Å². The van der Waals surface area contributed by atoms with Crippen LogP contribution in [0.1, 0.15) is 43.1 Å². The van der Waals surface area contributed by atoms with Crippen LogP contribution in [0, 0.1) is 5.41 Å². The summed E-state index contributed by atoms with van der Waals surface area (Å²) >= 11 is 0. The van der Waals surface area contributed by atoms with E-state index in [-0.39, 0.29) is 5.91 Å². The number of hydrogen-bond acceptors (Lipinski definition) is 6. The molecule has 3 heterocycles. The molecule has 7 nitrogen and oxygen atoms in total. The zero-order valence-electron chi connectivity index (χ0n) is 16.1. The van der Waals surface area contributed by atoms with Gasteiger partial charge in [-0.15, -0.1) is 0 Å². The van der Waals surface area contributed by atoms with Gasteiger partial charge in [-0.1, -0.05) is 5.16 Å². The van der Waals surface area contributed by atoms with Crippen molar-refractivity contribution >= 4 is 5.91 Å². The Morgan fingerprint density at radius 2 is 2.38 bits per heavy atom. The van der Waals surface area contributed by atoms with E-state index < -0.39 is 5.41 Å². The van der Waals surface area contributed by atoms with Crippen molar-refractivity contribution in [2.45, 2.75) is 38.0 Å². The lowest BCUT2D eigenvalue weighted by Gasteiger charge is -2.35. The van der Waals surface area contributed by atoms with Crippen LogP contribution in [-0.4, -0.2) is 69.5 Å². The number of amides is 1. The highest BCUT2D eigenvalue weighted by molar-refractivity contribution is 5.83. The first-order valence-corrected chi connectivity index (χ1v) is 9.76. The van der Waals surface area contributed by atoms with Gasteiger partial charge in [-0.2, -0.15) is 0 Å². The van der Waals surface area contributed by atoms with E-state index in [4.69, 9.17) is 9.26 Å². The summed E-state index contributed by atoms with van der Waals surface area (Å²) in [5.41, 5.74) is 0.516. The van der Waals surface area contributed by atoms with Crippen molar-refractivity contribution in [1.82, 2.24) is 20.7 Å². The Morgan fingerprint density at radius 3 is 3.08 bits per heavy atom. The summed E-state index contributed by atoms with van der Waals surface area (Å²) in [6.07, 6.45) is 4.42. The molecule has 2 fully saturated rings. The minimum atomic E-state index is -0.445. The number of aromatic nitrogens is 1. The molecule has 2 aliphatic rings. The van der Waals surface area contributed by atoms with Crippen LogP contribution in [0.15, 0.2) is 10.6 Å². The first-order chi connectivity index (χ1) is 12.6. The van der Waals surface area contributed by atoms with E-state index in [1.807, 2.05) is 20.2 Å². The molecule has 146 valence electrons. The third-order valence-electron chi connectivity index (χ3n) is 5.46. The van der Waals surface area contributed by atoms with Gasteiger partial charge in [0.1, 0.15) is 5.76 Å². The fraction of sp³-hybridized carbons (Fsp3) is 0.789. The summed E-state index contributed by atoms with van der Waals surface area (Å²) < 4.78 is 11.0. The van der Waals surface area contributed by atoms with E-state index in [1.165, 1.54) is 0 Å². The van der Waals surface area contributed by atoms with Crippen LogP contribution >= 0.6 is 0 Å². The lowest BCUT2D eigenvalue weighted by atomic mass is 9.76. The molecule has 0 saturated carbocycles. The van der Waals surface area contributed by atoms with E-state index >= 15 is 0 Å². The zero-order valence-corrected chi connectivity index (χ0v) is 16.1. The van der Waals surface area contributed by atoms with Crippen LogP contribution in [0.4, 0.5) is 0 Å². The van der Waals surface area contributed by atoms with Crippen molar-refractivity contribution in [2.24, 2.45) is 5.41 Å². The maximum absolute atomic E-state index is 13.0. The highest BCUT2D eigenvalue weighted by Gasteiger charge is 2.40. The van der Waals surface area contributed by atoms with Crippen LogP contribution in [0.3, 0.4) is 0 Å². The van der Waals surface area contributed by atoms with Crippen LogP contribution in [0.25, 0.3) is 0 Å². The topological polar surface area (TPSA) is 79.6 Å². The molecular formula is C19H32N4O3. The largest absolute Gasteiger partial charge is 0.381 e. The Labute approximate surface area is 155 Å². The Morgan fingerprint density at radius 1 is 1.50 bits per heavy atom. The average Bonchev–Trinajstić information content (AvgIpc) is 3.30. The Kier molecular flexibility index (Phi) is 6.67. The minimum absolute atomic E-state index is 0.130. The molecule has 0 spiro atoms. The maximum atomic E-state index is 13.0. The first kappa shape index (κ1) is 19.3. The molecule has 26 heavy (non-hydrogen) atoms. The Bertz CT molecular complexity index is 575. The van der Waals surface area contributed by atoms with Gasteiger partial charge in [-0.25, -0.2) is 0 Å². The normalized spacial score (nSPS) is 26.3. The molecule has 1 aromatic rings. The highest BCUT2D eigenvalue weighted by Crippen LogP contribution is 2.33. The van der Waals surface area contributed by atoms with Crippen molar-refractivity contribution in [3.8, 4) is 0 Å². The first-order valence-electron chi connectivity index (χ1n) is 9.76. The third-order valence-corrected chi connectivity index (χ3v) is 5.46. The van der Waals surface area contributed by atoms with Crippen molar-refractivity contribution in [3.63, 3.8) is 0 Å². The second-order valence-corrected chi connectivity index (χ2v) is 7.93. The minimum Gasteiger partial charge on any atom is -0.381 e. The number of carbonyl (C=O) groups excluding carboxylic acids is 1. The van der Waals surface area contributed by atoms with Gasteiger partial charge in [0.15, 0.2) is 0 Å². The maximum Gasteiger partial charge on any atom is 0.227 e. The molecular weight excluding hydrogens is 332 g/mol. The molecule has 1 aromatic heterocycles. The van der Waals surface area contributed by atoms with E-state index in [2.05, 4.69) is 20.7 Å². The smallest absolute Gasteiger partial charge is 0.227 e. The predicted octanol–water partition coefficient (Wildman–Crippen LogP) is 1.16. The van der Waals surface area contributed by atoms with Crippen LogP contribution in [0.2, 0.25) is 0 Å². The summed E-state index contributed by atoms with van der Waals surface area (Å²) in [4.78, 5) is 15.1. The summed E-state index contributed by atoms with van der Waals surface area (Å²) in [6.45, 7) is 4.84. The third kappa shape index (κ3) is 4.84. The van der Waals surface area contributed by atoms with E-state index in [0.717, 1.165) is 56.8 Å². The van der Waals surface area contributed by atoms with E-state index in [9.17, 15) is 4.79 Å². The van der Waals surface area contributed by atoms with Crippen molar-refractivity contribution in [2.75, 3.05) is 53.5 Å². The van der Waals surface area contributed by atoms with Crippen LogP contribution in [0.5, 0.6) is 0 Å². The molecule has 3 rings (SSSR count). The SMILES string of the molecule is CN(C)CCCNC(=O)C1(Cc2cc(C3CCOC3)no2)CCCNC1. The molecule has 0 bridgehead atoms. The van der Waals surface area contributed by atoms with Crippen LogP contribution in [-0.2, 0) is 16.0 Å². The molecule has 2 N–H and O–H groups in total. The Hall–Kier alpha value is -1.44. The zero-order chi connectivity index (χ0) is 18.4. The van der Waals surface area contributed by atoms with Gasteiger partial charge in [-0.05, 0) is 52.9 Å². The van der Waals surface area contributed by atoms with Crippen molar-refractivity contribution < 1.29 is 14.1 Å². The predicted molar refractivity (Wildman–Crippen MR) is 99.1 cm³/mol. The molecule has 2 unspecified atom stereocenters. The summed E-state index contributed by atoms with van der Waals surface area (Å²) in [6, 6.07) is 2.02. The van der Waals surface area contributed by atoms with Gasteiger partial charge < -0.3 is 24.8 Å². The molecule has 2 atom stereocenters. The number of piperidine rings is 1. The van der Waals surface area contributed by atoms with Gasteiger partial charge in [0.05, 0.1) is 17.7 Å². The average molecular weight is 364 g/mol. The lowest BCUT2D eigenvalue weighted by molar-refractivity contribution is -0.132. The van der Waals surface area contributed by atoms with Crippen molar-refractivity contribution in [1.29, 1.82) is 0 Å². The fourth-order valence-corrected chi connectivity index (χ4v) is 3.88. The molecule has 1 amide bonds. The highest BCUT2D eigenvalue weighted by atomic mass is 16.5. The summed E-state index contributed by atoms with van der Waals surface area (Å²) in [5.74, 6) is 1.26. The number of hydrogen-bond donors (Lipinski definition) is 2. The van der Waals surface area contributed by atoms with E-state index in [1.54, 1.807) is 0 Å². The lowest BCUT2D eigenvalue weighted by Crippen LogP contribution is -2.52. The number of ether oxygens (including phenoxy) is 1. The molecule has 7 heteroatoms. The van der Waals surface area contributed by atoms with Gasteiger partial charge in [0.2, 0.25) is 5.91 Å². The molecule has 0 radical (unpaired) electrons. The monoisotopic (exact) mass is 364 g/mol. The molecule has 0 aromatic carbocycles. The molecule has 2 saturated heterocycles. The van der Waals surface area contributed by atoms with Gasteiger partial charge >= 0.3 is 0 Å². The van der Waals surface area contributed by atoms with Crippen molar-refractivity contribution in [3.05, 3.63) is 17.5 Å². The number of nitrogens with zero attached hydrogens (tertiary/aromatic N) is 2. The number of carbonyl (C=O) groups is 1. The quantitative estimate of drug-likeness (QED) is 0.674. The summed E-state index contributed by atoms with van der Waals surface area (Å²) in [7, 11) is 4.09. The van der Waals surface area contributed by atoms with Gasteiger partial charge in [-0.3, -0.25) is 4.79 Å². The number of rotatable bonds is 8. The standard InChI is InChI=1S/C19H32N4O3/c1-23(2)9-4-8-21-18(24)19(6-3-7-20-14-19)12-16-11-17(22-26-16)15-5-10-25-13-15/h11,15,20H,3-10,12-14H2,1-2H3,(H,21,24). The summed E-state index contributed by atoms with van der Waals surface area (Å²) in [5, 5.41) is 10.8. The fourth-order valence-electron chi connectivity index (χ4n) is 3.88. The van der Waals surface area contributed by atoms with Gasteiger partial charge in [0.25, 0.3) is 0 Å². The molecule has 0 aliphatic carbocycles.